The molecular weight excluding hydrogens is 510 g/mol. The summed E-state index contributed by atoms with van der Waals surface area (Å²) in [6.45, 7) is 5.90. The number of hydrogen-bond acceptors (Lipinski definition) is 4. The predicted molar refractivity (Wildman–Crippen MR) is 132 cm³/mol. The van der Waals surface area contributed by atoms with Gasteiger partial charge in [0.15, 0.2) is 5.96 Å². The number of benzene rings is 2. The number of aliphatic imine (C=N–C) groups is 1. The van der Waals surface area contributed by atoms with E-state index in [2.05, 4.69) is 32.7 Å². The van der Waals surface area contributed by atoms with Crippen LogP contribution in [0.15, 0.2) is 58.1 Å². The highest BCUT2D eigenvalue weighted by Crippen LogP contribution is 2.20. The minimum Gasteiger partial charge on any atom is -0.494 e. The predicted octanol–water partition coefficient (Wildman–Crippen LogP) is 4.71. The van der Waals surface area contributed by atoms with Gasteiger partial charge >= 0.3 is 0 Å². The van der Waals surface area contributed by atoms with Crippen molar-refractivity contribution in [2.45, 2.75) is 26.8 Å². The molecule has 0 spiro atoms. The molecular formula is C23H28FIN4O2. The SMILES string of the molecule is CCOc1cc(C)ccc1CNC(=NC)NCCc1coc(-c2ccc(F)cc2)n1.I. The first-order valence-corrected chi connectivity index (χ1v) is 9.96. The Kier molecular flexibility index (Phi) is 9.77. The summed E-state index contributed by atoms with van der Waals surface area (Å²) in [6, 6.07) is 12.3. The Bertz CT molecular complexity index is 989. The van der Waals surface area contributed by atoms with E-state index in [1.54, 1.807) is 25.4 Å². The summed E-state index contributed by atoms with van der Waals surface area (Å²) >= 11 is 0. The van der Waals surface area contributed by atoms with Crippen LogP contribution >= 0.6 is 24.0 Å². The Morgan fingerprint density at radius 1 is 1.16 bits per heavy atom. The molecule has 2 N–H and O–H groups in total. The van der Waals surface area contributed by atoms with Crippen LogP contribution in [0.1, 0.15) is 23.7 Å². The zero-order valence-electron chi connectivity index (χ0n) is 17.9. The van der Waals surface area contributed by atoms with E-state index >= 15 is 0 Å². The van der Waals surface area contributed by atoms with Gasteiger partial charge in [0.1, 0.15) is 17.8 Å². The highest BCUT2D eigenvalue weighted by Gasteiger charge is 2.08. The van der Waals surface area contributed by atoms with Crippen LogP contribution in [0.25, 0.3) is 11.5 Å². The first kappa shape index (κ1) is 24.6. The van der Waals surface area contributed by atoms with E-state index < -0.39 is 0 Å². The first-order valence-electron chi connectivity index (χ1n) is 9.96. The fourth-order valence-corrected chi connectivity index (χ4v) is 2.95. The van der Waals surface area contributed by atoms with Gasteiger partial charge < -0.3 is 19.8 Å². The van der Waals surface area contributed by atoms with Crippen LogP contribution in [0.4, 0.5) is 4.39 Å². The van der Waals surface area contributed by atoms with Crippen LogP contribution in [-0.2, 0) is 13.0 Å². The Balaban J connectivity index is 0.00000341. The van der Waals surface area contributed by atoms with Crippen molar-refractivity contribution in [3.05, 3.63) is 71.4 Å². The minimum absolute atomic E-state index is 0. The van der Waals surface area contributed by atoms with Crippen LogP contribution < -0.4 is 15.4 Å². The molecule has 0 fully saturated rings. The molecule has 0 aliphatic rings. The number of nitrogens with zero attached hydrogens (tertiary/aromatic N) is 2. The third kappa shape index (κ3) is 7.23. The van der Waals surface area contributed by atoms with Crippen LogP contribution in [-0.4, -0.2) is 31.1 Å². The largest absolute Gasteiger partial charge is 0.494 e. The fourth-order valence-electron chi connectivity index (χ4n) is 2.95. The monoisotopic (exact) mass is 538 g/mol. The van der Waals surface area contributed by atoms with Crippen molar-refractivity contribution in [2.75, 3.05) is 20.2 Å². The standard InChI is InChI=1S/C23H27FN4O2.HI/c1-4-29-21-13-16(2)5-6-18(21)14-27-23(25-3)26-12-11-20-15-30-22(28-20)17-7-9-19(24)10-8-17;/h5-10,13,15H,4,11-12,14H2,1-3H3,(H2,25,26,27);1H. The molecule has 6 nitrogen and oxygen atoms in total. The van der Waals surface area contributed by atoms with Crippen molar-refractivity contribution in [1.29, 1.82) is 0 Å². The number of aryl methyl sites for hydroxylation is 1. The van der Waals surface area contributed by atoms with Gasteiger partial charge in [-0.15, -0.1) is 24.0 Å². The summed E-state index contributed by atoms with van der Waals surface area (Å²) in [4.78, 5) is 8.72. The molecule has 0 aliphatic heterocycles. The van der Waals surface area contributed by atoms with Gasteiger partial charge in [-0.2, -0.15) is 0 Å². The summed E-state index contributed by atoms with van der Waals surface area (Å²) in [6.07, 6.45) is 2.29. The first-order chi connectivity index (χ1) is 14.6. The third-order valence-electron chi connectivity index (χ3n) is 4.51. The summed E-state index contributed by atoms with van der Waals surface area (Å²) in [5.74, 6) is 1.78. The van der Waals surface area contributed by atoms with Crippen molar-refractivity contribution in [3.8, 4) is 17.2 Å². The van der Waals surface area contributed by atoms with Crippen molar-refractivity contribution in [2.24, 2.45) is 4.99 Å². The molecule has 3 rings (SSSR count). The second-order valence-corrected chi connectivity index (χ2v) is 6.80. The normalized spacial score (nSPS) is 11.0. The van der Waals surface area contributed by atoms with Crippen LogP contribution in [0.3, 0.4) is 0 Å². The number of halogens is 2. The van der Waals surface area contributed by atoms with Gasteiger partial charge in [-0.25, -0.2) is 9.37 Å². The van der Waals surface area contributed by atoms with E-state index in [0.717, 1.165) is 28.1 Å². The molecule has 0 atom stereocenters. The van der Waals surface area contributed by atoms with Gasteiger partial charge in [0.05, 0.1) is 12.3 Å². The van der Waals surface area contributed by atoms with Crippen LogP contribution in [0.2, 0.25) is 0 Å². The van der Waals surface area contributed by atoms with E-state index in [4.69, 9.17) is 9.15 Å². The highest BCUT2D eigenvalue weighted by molar-refractivity contribution is 14.0. The molecule has 0 bridgehead atoms. The van der Waals surface area contributed by atoms with Gasteiger partial charge in [0, 0.05) is 37.7 Å². The molecule has 166 valence electrons. The number of rotatable bonds is 8. The lowest BCUT2D eigenvalue weighted by Crippen LogP contribution is -2.38. The molecule has 2 aromatic carbocycles. The number of aromatic nitrogens is 1. The van der Waals surface area contributed by atoms with Gasteiger partial charge in [0.25, 0.3) is 0 Å². The lowest BCUT2D eigenvalue weighted by Gasteiger charge is -2.14. The maximum atomic E-state index is 13.0. The third-order valence-corrected chi connectivity index (χ3v) is 4.51. The minimum atomic E-state index is -0.285. The Hall–Kier alpha value is -2.62. The highest BCUT2D eigenvalue weighted by atomic mass is 127. The molecule has 0 amide bonds. The summed E-state index contributed by atoms with van der Waals surface area (Å²) in [5.41, 5.74) is 3.80. The number of guanidine groups is 1. The molecule has 1 heterocycles. The second kappa shape index (κ2) is 12.3. The Morgan fingerprint density at radius 2 is 1.94 bits per heavy atom. The molecule has 1 aromatic heterocycles. The van der Waals surface area contributed by atoms with Crippen molar-refractivity contribution < 1.29 is 13.5 Å². The lowest BCUT2D eigenvalue weighted by atomic mass is 10.1. The maximum Gasteiger partial charge on any atom is 0.226 e. The smallest absolute Gasteiger partial charge is 0.226 e. The van der Waals surface area contributed by atoms with Gasteiger partial charge in [-0.1, -0.05) is 12.1 Å². The zero-order chi connectivity index (χ0) is 21.3. The molecule has 3 aromatic rings. The van der Waals surface area contributed by atoms with Crippen molar-refractivity contribution in [1.82, 2.24) is 15.6 Å². The summed E-state index contributed by atoms with van der Waals surface area (Å²) < 4.78 is 24.3. The number of oxazole rings is 1. The van der Waals surface area contributed by atoms with Crippen molar-refractivity contribution >= 4 is 29.9 Å². The Labute approximate surface area is 199 Å². The molecule has 0 aliphatic carbocycles. The average molecular weight is 538 g/mol. The van der Waals surface area contributed by atoms with E-state index in [9.17, 15) is 4.39 Å². The number of ether oxygens (including phenoxy) is 1. The maximum absolute atomic E-state index is 13.0. The average Bonchev–Trinajstić information content (AvgIpc) is 3.21. The molecule has 8 heteroatoms. The van der Waals surface area contributed by atoms with E-state index in [1.807, 2.05) is 19.9 Å². The van der Waals surface area contributed by atoms with Gasteiger partial charge in [-0.05, 0) is 49.7 Å². The number of hydrogen-bond donors (Lipinski definition) is 2. The van der Waals surface area contributed by atoms with Gasteiger partial charge in [-0.3, -0.25) is 4.99 Å². The van der Waals surface area contributed by atoms with Crippen LogP contribution in [0, 0.1) is 12.7 Å². The van der Waals surface area contributed by atoms with E-state index in [-0.39, 0.29) is 29.8 Å². The van der Waals surface area contributed by atoms with Crippen molar-refractivity contribution in [3.63, 3.8) is 0 Å². The molecule has 31 heavy (non-hydrogen) atoms. The molecule has 0 saturated heterocycles. The Morgan fingerprint density at radius 3 is 2.65 bits per heavy atom. The van der Waals surface area contributed by atoms with Crippen LogP contribution in [0.5, 0.6) is 5.75 Å². The van der Waals surface area contributed by atoms with E-state index in [1.165, 1.54) is 12.1 Å². The second-order valence-electron chi connectivity index (χ2n) is 6.80. The summed E-state index contributed by atoms with van der Waals surface area (Å²) in [7, 11) is 1.73. The topological polar surface area (TPSA) is 71.7 Å². The van der Waals surface area contributed by atoms with Gasteiger partial charge in [0.2, 0.25) is 5.89 Å². The zero-order valence-corrected chi connectivity index (χ0v) is 20.3. The number of nitrogens with one attached hydrogen (secondary N) is 2. The quantitative estimate of drug-likeness (QED) is 0.247. The lowest BCUT2D eigenvalue weighted by molar-refractivity contribution is 0.336. The molecule has 0 radical (unpaired) electrons. The fraction of sp³-hybridized carbons (Fsp3) is 0.304. The molecule has 0 saturated carbocycles. The molecule has 0 unspecified atom stereocenters. The summed E-state index contributed by atoms with van der Waals surface area (Å²) in [5, 5.41) is 6.58. The van der Waals surface area contributed by atoms with E-state index in [0.29, 0.717) is 38.0 Å².